The van der Waals surface area contributed by atoms with E-state index in [-0.39, 0.29) is 23.7 Å². The highest BCUT2D eigenvalue weighted by Gasteiger charge is 2.36. The Kier molecular flexibility index (Phi) is 9.84. The van der Waals surface area contributed by atoms with Crippen molar-refractivity contribution in [2.24, 2.45) is 0 Å². The second-order valence-electron chi connectivity index (χ2n) is 14.2. The number of aryl methyl sites for hydroxylation is 1. The van der Waals surface area contributed by atoms with Gasteiger partial charge in [0.25, 0.3) is 0 Å². The second-order valence-corrected chi connectivity index (χ2v) is 15.4. The first-order valence-corrected chi connectivity index (χ1v) is 19.3. The summed E-state index contributed by atoms with van der Waals surface area (Å²) in [5.74, 6) is 0.541. The van der Waals surface area contributed by atoms with Crippen LogP contribution in [-0.4, -0.2) is 38.9 Å². The number of hydrogen-bond donors (Lipinski definition) is 2. The molecule has 5 heterocycles. The van der Waals surface area contributed by atoms with E-state index in [2.05, 4.69) is 123 Å². The number of ether oxygens (including phenoxy) is 2. The summed E-state index contributed by atoms with van der Waals surface area (Å²) in [7, 11) is 1.58. The third kappa shape index (κ3) is 6.28. The molecule has 7 rings (SSSR count). The van der Waals surface area contributed by atoms with E-state index in [0.717, 1.165) is 104 Å². The lowest BCUT2D eigenvalue weighted by atomic mass is 9.83. The predicted molar refractivity (Wildman–Crippen MR) is 216 cm³/mol. The Bertz CT molecular complexity index is 2230. The highest BCUT2D eigenvalue weighted by molar-refractivity contribution is 14.1. The van der Waals surface area contributed by atoms with Crippen LogP contribution in [0.25, 0.3) is 39.4 Å². The van der Waals surface area contributed by atoms with Gasteiger partial charge in [-0.25, -0.2) is 9.97 Å². The number of halogens is 1. The maximum atomic E-state index is 14.3. The third-order valence-corrected chi connectivity index (χ3v) is 11.8. The van der Waals surface area contributed by atoms with E-state index in [1.165, 1.54) is 9.14 Å². The van der Waals surface area contributed by atoms with Gasteiger partial charge in [0.1, 0.15) is 0 Å². The topological polar surface area (TPSA) is 92.9 Å². The number of unbranched alkanes of at least 4 members (excludes halogenated alkanes) is 1. The Morgan fingerprint density at radius 1 is 0.961 bits per heavy atom. The van der Waals surface area contributed by atoms with Crippen molar-refractivity contribution in [2.45, 2.75) is 98.7 Å². The molecular formula is C43H47IN4O3. The van der Waals surface area contributed by atoms with Crippen LogP contribution in [0.3, 0.4) is 0 Å². The van der Waals surface area contributed by atoms with Crippen LogP contribution in [0.5, 0.6) is 0 Å². The normalized spacial score (nSPS) is 18.3. The lowest BCUT2D eigenvalue weighted by molar-refractivity contribution is 0.0904. The predicted octanol–water partition coefficient (Wildman–Crippen LogP) is 11.1. The Morgan fingerprint density at radius 3 is 2.45 bits per heavy atom. The first-order valence-electron chi connectivity index (χ1n) is 18.2. The van der Waals surface area contributed by atoms with Gasteiger partial charge in [0, 0.05) is 43.4 Å². The van der Waals surface area contributed by atoms with Gasteiger partial charge in [0.15, 0.2) is 5.76 Å². The number of carbonyl (C=O) groups is 1. The van der Waals surface area contributed by atoms with Crippen LogP contribution in [0.2, 0.25) is 0 Å². The van der Waals surface area contributed by atoms with Crippen molar-refractivity contribution in [3.05, 3.63) is 108 Å². The summed E-state index contributed by atoms with van der Waals surface area (Å²) in [4.78, 5) is 32.3. The number of nitrogens with one attached hydrogen (secondary N) is 2. The molecule has 2 N–H and O–H groups in total. The molecule has 1 aliphatic carbocycles. The third-order valence-electron chi connectivity index (χ3n) is 11.1. The highest BCUT2D eigenvalue weighted by Crippen LogP contribution is 2.45. The number of nitrogens with zero attached hydrogens (tertiary/aromatic N) is 2. The maximum absolute atomic E-state index is 14.3. The van der Waals surface area contributed by atoms with Gasteiger partial charge in [0.05, 0.1) is 53.7 Å². The summed E-state index contributed by atoms with van der Waals surface area (Å²) in [6.07, 6.45) is 5.63. The number of methoxy groups -OCH3 is 1. The number of Topliss-reactive ketones (excluding diaryl/α,β-unsaturated/α-hetero) is 1. The van der Waals surface area contributed by atoms with Crippen molar-refractivity contribution in [1.82, 2.24) is 19.9 Å². The van der Waals surface area contributed by atoms with E-state index >= 15 is 0 Å². The molecule has 0 fully saturated rings. The fraction of sp³-hybridized carbons (Fsp3) is 0.372. The zero-order valence-electron chi connectivity index (χ0n) is 30.9. The van der Waals surface area contributed by atoms with E-state index in [9.17, 15) is 4.79 Å². The number of ketones is 1. The van der Waals surface area contributed by atoms with Gasteiger partial charge in [-0.3, -0.25) is 4.79 Å². The average Bonchev–Trinajstić information content (AvgIpc) is 3.79. The number of carbonyl (C=O) groups excluding carboxylic acids is 1. The fourth-order valence-corrected chi connectivity index (χ4v) is 8.71. The minimum atomic E-state index is -0.205. The molecule has 0 radical (unpaired) electrons. The van der Waals surface area contributed by atoms with Crippen molar-refractivity contribution in [3.8, 4) is 0 Å². The molecule has 51 heavy (non-hydrogen) atoms. The molecule has 7 nitrogen and oxygen atoms in total. The Balaban J connectivity index is 1.52. The van der Waals surface area contributed by atoms with Gasteiger partial charge >= 0.3 is 0 Å². The van der Waals surface area contributed by atoms with Gasteiger partial charge in [-0.05, 0) is 127 Å². The maximum Gasteiger partial charge on any atom is 0.231 e. The lowest BCUT2D eigenvalue weighted by Crippen LogP contribution is -2.14. The molecule has 0 saturated heterocycles. The molecule has 8 heteroatoms. The van der Waals surface area contributed by atoms with Crippen molar-refractivity contribution in [1.29, 1.82) is 0 Å². The minimum absolute atomic E-state index is 0.101. The monoisotopic (exact) mass is 791 g/mol. The van der Waals surface area contributed by atoms with Crippen molar-refractivity contribution >= 4 is 67.8 Å². The van der Waals surface area contributed by atoms with E-state index in [1.807, 2.05) is 6.08 Å². The number of hydrogen-bond acceptors (Lipinski definition) is 5. The van der Waals surface area contributed by atoms with E-state index in [0.29, 0.717) is 17.9 Å². The Labute approximate surface area is 314 Å². The van der Waals surface area contributed by atoms with Gasteiger partial charge in [0.2, 0.25) is 5.78 Å². The van der Waals surface area contributed by atoms with Crippen molar-refractivity contribution in [3.63, 3.8) is 0 Å². The molecule has 3 aromatic rings. The Hall–Kier alpha value is -4.02. The Morgan fingerprint density at radius 2 is 1.73 bits per heavy atom. The number of benzene rings is 1. The van der Waals surface area contributed by atoms with Crippen LogP contribution < -0.4 is 0 Å². The van der Waals surface area contributed by atoms with Crippen LogP contribution in [-0.2, 0) is 16.1 Å². The van der Waals surface area contributed by atoms with E-state index < -0.39 is 0 Å². The number of rotatable bonds is 9. The molecule has 3 aliphatic heterocycles. The zero-order chi connectivity index (χ0) is 36.1. The molecule has 0 amide bonds. The first kappa shape index (κ1) is 35.4. The summed E-state index contributed by atoms with van der Waals surface area (Å²) < 4.78 is 13.5. The van der Waals surface area contributed by atoms with E-state index in [4.69, 9.17) is 19.4 Å². The minimum Gasteiger partial charge on any atom is -0.493 e. The molecule has 264 valence electrons. The highest BCUT2D eigenvalue weighted by atomic mass is 124. The molecular weight excluding hydrogens is 744 g/mol. The lowest BCUT2D eigenvalue weighted by Gasteiger charge is -2.20. The molecule has 8 bridgehead atoms. The molecule has 0 spiro atoms. The van der Waals surface area contributed by atoms with Crippen molar-refractivity contribution < 1.29 is 14.3 Å². The number of aromatic nitrogens is 4. The second kappa shape index (κ2) is 14.2. The summed E-state index contributed by atoms with van der Waals surface area (Å²) in [6, 6.07) is 14.9. The number of aromatic amines is 2. The standard InChI is InChI=1S/C43H47IN4O3/c1-9-11-15-30-23(4)33-18-35-25(6)39(26(7)51-21-27-13-12-14-28(44)16-27)37(46-35)20-32-22(3)29(10-2)36(45-32)19-34-24(5)31-17-38(50-8)43(49)40(41(30)47-33)42(31)48-34/h12-14,16-20,23,26,30,47-48H,9-11,15,21H2,1-8H3/t23-,26-,30-/m0/s1/i44-3. The zero-order valence-corrected chi connectivity index (χ0v) is 33.0. The summed E-state index contributed by atoms with van der Waals surface area (Å²) in [5.41, 5.74) is 15.8. The molecule has 1 aromatic carbocycles. The van der Waals surface area contributed by atoms with Crippen LogP contribution in [0.15, 0.2) is 48.2 Å². The molecule has 3 atom stereocenters. The van der Waals surface area contributed by atoms with Gasteiger partial charge in [-0.15, -0.1) is 0 Å². The van der Waals surface area contributed by atoms with Crippen molar-refractivity contribution in [2.75, 3.05) is 7.11 Å². The number of allylic oxidation sites excluding steroid dienone is 4. The number of fused-ring (bicyclic) bond motifs is 8. The molecule has 4 aliphatic rings. The first-order chi connectivity index (χ1) is 24.5. The average molecular weight is 792 g/mol. The summed E-state index contributed by atoms with van der Waals surface area (Å²) in [5, 5.41) is 0. The van der Waals surface area contributed by atoms with Crippen LogP contribution in [0, 0.1) is 10.5 Å². The van der Waals surface area contributed by atoms with E-state index in [1.54, 1.807) is 7.11 Å². The summed E-state index contributed by atoms with van der Waals surface area (Å²) in [6.45, 7) is 15.7. The quantitative estimate of drug-likeness (QED) is 0.211. The van der Waals surface area contributed by atoms with Gasteiger partial charge in [-0.1, -0.05) is 45.7 Å². The number of H-pyrrole nitrogens is 2. The SMILES string of the molecule is CCCC[C@@H]1c2[nH]c(cc3nc(cc4nc(cc5[nH]c6c(c5C)C=C(OC)C(=O)c26)C(CC)=C4C)C([C@H](C)OCc2cccc([124I])c2)=C3C)[C@H]1C. The summed E-state index contributed by atoms with van der Waals surface area (Å²) >= 11 is 2.34. The fourth-order valence-electron chi connectivity index (χ4n) is 8.10. The molecule has 0 saturated carbocycles. The molecule has 0 unspecified atom stereocenters. The smallest absolute Gasteiger partial charge is 0.231 e. The largest absolute Gasteiger partial charge is 0.493 e. The van der Waals surface area contributed by atoms with Crippen LogP contribution in [0.4, 0.5) is 0 Å². The van der Waals surface area contributed by atoms with Gasteiger partial charge < -0.3 is 19.4 Å². The van der Waals surface area contributed by atoms with Crippen LogP contribution >= 0.6 is 22.6 Å². The van der Waals surface area contributed by atoms with Gasteiger partial charge in [-0.2, -0.15) is 0 Å². The van der Waals surface area contributed by atoms with Crippen LogP contribution in [0.1, 0.15) is 140 Å². The molecule has 2 aromatic heterocycles.